The summed E-state index contributed by atoms with van der Waals surface area (Å²) in [5.74, 6) is 0. The first kappa shape index (κ1) is 14.9. The maximum absolute atomic E-state index is 12.4. The summed E-state index contributed by atoms with van der Waals surface area (Å²) in [5, 5.41) is 4.36. The van der Waals surface area contributed by atoms with Crippen molar-refractivity contribution < 1.29 is 4.42 Å². The Morgan fingerprint density at radius 1 is 1.21 bits per heavy atom. The van der Waals surface area contributed by atoms with Crippen molar-refractivity contribution >= 4 is 16.7 Å². The summed E-state index contributed by atoms with van der Waals surface area (Å²) in [7, 11) is 0. The van der Waals surface area contributed by atoms with Gasteiger partial charge in [0.05, 0.1) is 5.56 Å². The van der Waals surface area contributed by atoms with Gasteiger partial charge >= 0.3 is 5.63 Å². The second kappa shape index (κ2) is 6.09. The molecule has 0 radical (unpaired) electrons. The lowest BCUT2D eigenvalue weighted by Crippen LogP contribution is -2.49. The zero-order chi connectivity index (χ0) is 16.5. The highest BCUT2D eigenvalue weighted by atomic mass is 16.4. The summed E-state index contributed by atoms with van der Waals surface area (Å²) in [5.41, 5.74) is 2.78. The predicted molar refractivity (Wildman–Crippen MR) is 95.4 cm³/mol. The van der Waals surface area contributed by atoms with Crippen molar-refractivity contribution in [3.63, 3.8) is 0 Å². The average Bonchev–Trinajstić information content (AvgIpc) is 2.61. The molecule has 1 N–H and O–H groups in total. The van der Waals surface area contributed by atoms with Crippen molar-refractivity contribution in [2.75, 3.05) is 24.5 Å². The fraction of sp³-hybridized carbons (Fsp3) is 0.263. The van der Waals surface area contributed by atoms with Crippen LogP contribution in [0.2, 0.25) is 0 Å². The number of nitrogens with zero attached hydrogens (tertiary/aromatic N) is 2. The molecule has 0 bridgehead atoms. The molecule has 1 aliphatic heterocycles. The van der Waals surface area contributed by atoms with Crippen molar-refractivity contribution in [2.24, 2.45) is 0 Å². The van der Waals surface area contributed by atoms with Crippen molar-refractivity contribution in [3.05, 3.63) is 59.2 Å². The van der Waals surface area contributed by atoms with Gasteiger partial charge < -0.3 is 14.6 Å². The number of piperazine rings is 1. The Labute approximate surface area is 139 Å². The average molecular weight is 321 g/mol. The van der Waals surface area contributed by atoms with Gasteiger partial charge in [0.1, 0.15) is 5.58 Å². The number of pyridine rings is 1. The van der Waals surface area contributed by atoms with E-state index in [9.17, 15) is 4.79 Å². The number of rotatable bonds is 2. The van der Waals surface area contributed by atoms with Crippen LogP contribution in [0.25, 0.3) is 22.1 Å². The smallest absolute Gasteiger partial charge is 0.344 e. The molecule has 5 nitrogen and oxygen atoms in total. The molecule has 24 heavy (non-hydrogen) atoms. The zero-order valence-corrected chi connectivity index (χ0v) is 13.5. The molecule has 0 amide bonds. The van der Waals surface area contributed by atoms with E-state index in [1.54, 1.807) is 12.4 Å². The first-order valence-electron chi connectivity index (χ1n) is 8.17. The topological polar surface area (TPSA) is 58.4 Å². The highest BCUT2D eigenvalue weighted by molar-refractivity contribution is 5.84. The number of benzene rings is 1. The molecule has 3 aromatic rings. The molecule has 1 aliphatic rings. The predicted octanol–water partition coefficient (Wildman–Crippen LogP) is 2.65. The van der Waals surface area contributed by atoms with Crippen LogP contribution in [0, 0.1) is 0 Å². The van der Waals surface area contributed by atoms with E-state index in [1.807, 2.05) is 30.3 Å². The number of hydrogen-bond donors (Lipinski definition) is 1. The molecule has 1 saturated heterocycles. The van der Waals surface area contributed by atoms with Gasteiger partial charge in [-0.2, -0.15) is 0 Å². The molecular weight excluding hydrogens is 302 g/mol. The van der Waals surface area contributed by atoms with E-state index in [0.29, 0.717) is 17.2 Å². The van der Waals surface area contributed by atoms with Gasteiger partial charge in [-0.3, -0.25) is 4.98 Å². The molecule has 1 aromatic carbocycles. The maximum atomic E-state index is 12.4. The summed E-state index contributed by atoms with van der Waals surface area (Å²) in [6, 6.07) is 12.0. The van der Waals surface area contributed by atoms with Crippen LogP contribution in [0.1, 0.15) is 6.92 Å². The van der Waals surface area contributed by atoms with Gasteiger partial charge in [-0.25, -0.2) is 4.79 Å². The fourth-order valence-corrected chi connectivity index (χ4v) is 3.20. The maximum Gasteiger partial charge on any atom is 0.344 e. The SMILES string of the molecule is C[C@H]1CN(c2ccc3cc(-c4ccncc4)c(=O)oc3c2)CCN1. The Bertz CT molecular complexity index is 921. The molecular formula is C19H19N3O2. The highest BCUT2D eigenvalue weighted by Crippen LogP contribution is 2.25. The van der Waals surface area contributed by atoms with E-state index in [-0.39, 0.29) is 5.63 Å². The molecule has 122 valence electrons. The lowest BCUT2D eigenvalue weighted by Gasteiger charge is -2.33. The van der Waals surface area contributed by atoms with Crippen LogP contribution in [-0.4, -0.2) is 30.7 Å². The van der Waals surface area contributed by atoms with Crippen molar-refractivity contribution in [2.45, 2.75) is 13.0 Å². The van der Waals surface area contributed by atoms with E-state index in [4.69, 9.17) is 4.42 Å². The van der Waals surface area contributed by atoms with E-state index in [0.717, 1.165) is 36.3 Å². The standard InChI is InChI=1S/C19H19N3O2/c1-13-12-22(9-8-21-13)16-3-2-15-10-17(14-4-6-20-7-5-14)19(23)24-18(15)11-16/h2-7,10-11,13,21H,8-9,12H2,1H3/t13-/m0/s1. The molecule has 1 atom stereocenters. The van der Waals surface area contributed by atoms with Crippen LogP contribution in [0.15, 0.2) is 58.0 Å². The lowest BCUT2D eigenvalue weighted by molar-refractivity contribution is 0.484. The number of anilines is 1. The third kappa shape index (κ3) is 2.78. The molecule has 2 aromatic heterocycles. The van der Waals surface area contributed by atoms with Crippen LogP contribution in [0.4, 0.5) is 5.69 Å². The van der Waals surface area contributed by atoms with Gasteiger partial charge in [0.15, 0.2) is 0 Å². The molecule has 0 unspecified atom stereocenters. The third-order valence-electron chi connectivity index (χ3n) is 4.44. The summed E-state index contributed by atoms with van der Waals surface area (Å²) in [6.07, 6.45) is 3.35. The molecule has 0 aliphatic carbocycles. The molecule has 0 spiro atoms. The number of hydrogen-bond acceptors (Lipinski definition) is 5. The number of fused-ring (bicyclic) bond motifs is 1. The zero-order valence-electron chi connectivity index (χ0n) is 13.5. The van der Waals surface area contributed by atoms with Crippen LogP contribution in [0.5, 0.6) is 0 Å². The van der Waals surface area contributed by atoms with Crippen molar-refractivity contribution in [3.8, 4) is 11.1 Å². The van der Waals surface area contributed by atoms with Crippen LogP contribution >= 0.6 is 0 Å². The van der Waals surface area contributed by atoms with Crippen LogP contribution in [-0.2, 0) is 0 Å². The number of aromatic nitrogens is 1. The molecule has 0 saturated carbocycles. The summed E-state index contributed by atoms with van der Waals surface area (Å²) < 4.78 is 5.59. The Hall–Kier alpha value is -2.66. The van der Waals surface area contributed by atoms with Gasteiger partial charge in [0.2, 0.25) is 0 Å². The Kier molecular flexibility index (Phi) is 3.78. The van der Waals surface area contributed by atoms with Crippen LogP contribution < -0.4 is 15.8 Å². The van der Waals surface area contributed by atoms with Gasteiger partial charge in [0, 0.05) is 55.2 Å². The summed E-state index contributed by atoms with van der Waals surface area (Å²) >= 11 is 0. The van der Waals surface area contributed by atoms with Gasteiger partial charge in [-0.15, -0.1) is 0 Å². The normalized spacial score (nSPS) is 18.0. The Morgan fingerprint density at radius 2 is 2.04 bits per heavy atom. The van der Waals surface area contributed by atoms with E-state index >= 15 is 0 Å². The van der Waals surface area contributed by atoms with Crippen LogP contribution in [0.3, 0.4) is 0 Å². The summed E-state index contributed by atoms with van der Waals surface area (Å²) in [4.78, 5) is 18.7. The second-order valence-corrected chi connectivity index (χ2v) is 6.21. The second-order valence-electron chi connectivity index (χ2n) is 6.21. The first-order chi connectivity index (χ1) is 11.7. The minimum absolute atomic E-state index is 0.320. The molecule has 5 heteroatoms. The molecule has 3 heterocycles. The minimum Gasteiger partial charge on any atom is -0.422 e. The van der Waals surface area contributed by atoms with Crippen molar-refractivity contribution in [1.29, 1.82) is 0 Å². The molecule has 4 rings (SSSR count). The lowest BCUT2D eigenvalue weighted by atomic mass is 10.1. The largest absolute Gasteiger partial charge is 0.422 e. The van der Waals surface area contributed by atoms with Gasteiger partial charge in [0.25, 0.3) is 0 Å². The monoisotopic (exact) mass is 321 g/mol. The number of nitrogens with one attached hydrogen (secondary N) is 1. The third-order valence-corrected chi connectivity index (χ3v) is 4.44. The fourth-order valence-electron chi connectivity index (χ4n) is 3.20. The van der Waals surface area contributed by atoms with E-state index in [2.05, 4.69) is 28.2 Å². The minimum atomic E-state index is -0.320. The quantitative estimate of drug-likeness (QED) is 0.735. The molecule has 1 fully saturated rings. The first-order valence-corrected chi connectivity index (χ1v) is 8.17. The van der Waals surface area contributed by atoms with Gasteiger partial charge in [-0.05, 0) is 42.8 Å². The Balaban J connectivity index is 1.75. The van der Waals surface area contributed by atoms with E-state index in [1.165, 1.54) is 0 Å². The Morgan fingerprint density at radius 3 is 2.83 bits per heavy atom. The summed E-state index contributed by atoms with van der Waals surface area (Å²) in [6.45, 7) is 5.04. The van der Waals surface area contributed by atoms with Crippen molar-refractivity contribution in [1.82, 2.24) is 10.3 Å². The van der Waals surface area contributed by atoms with Gasteiger partial charge in [-0.1, -0.05) is 0 Å². The highest BCUT2D eigenvalue weighted by Gasteiger charge is 2.17. The van der Waals surface area contributed by atoms with E-state index < -0.39 is 0 Å².